The molecule has 130 valence electrons. The van der Waals surface area contributed by atoms with Crippen molar-refractivity contribution in [3.63, 3.8) is 0 Å². The van der Waals surface area contributed by atoms with Crippen molar-refractivity contribution in [2.45, 2.75) is 13.8 Å². The van der Waals surface area contributed by atoms with Crippen LogP contribution in [0.1, 0.15) is 21.1 Å². The first-order valence-electron chi connectivity index (χ1n) is 7.70. The highest BCUT2D eigenvalue weighted by molar-refractivity contribution is 7.18. The van der Waals surface area contributed by atoms with Gasteiger partial charge in [0.05, 0.1) is 22.5 Å². The second kappa shape index (κ2) is 6.77. The maximum atomic E-state index is 12.2. The number of rotatable bonds is 4. The molecular formula is C17H13N5O2S2. The predicted molar refractivity (Wildman–Crippen MR) is 100 cm³/mol. The summed E-state index contributed by atoms with van der Waals surface area (Å²) in [4.78, 5) is 22.5. The summed E-state index contributed by atoms with van der Waals surface area (Å²) < 4.78 is 9.10. The number of benzene rings is 1. The van der Waals surface area contributed by atoms with E-state index >= 15 is 0 Å². The van der Waals surface area contributed by atoms with E-state index in [0.717, 1.165) is 32.7 Å². The molecule has 4 aromatic rings. The van der Waals surface area contributed by atoms with Gasteiger partial charge in [-0.3, -0.25) is 4.79 Å². The lowest BCUT2D eigenvalue weighted by Gasteiger charge is -2.05. The number of anilines is 1. The monoisotopic (exact) mass is 383 g/mol. The van der Waals surface area contributed by atoms with Crippen molar-refractivity contribution < 1.29 is 9.21 Å². The van der Waals surface area contributed by atoms with Crippen molar-refractivity contribution in [1.29, 1.82) is 0 Å². The van der Waals surface area contributed by atoms with Crippen LogP contribution < -0.4 is 5.32 Å². The summed E-state index contributed by atoms with van der Waals surface area (Å²) in [6.07, 6.45) is 3.13. The van der Waals surface area contributed by atoms with E-state index in [1.165, 1.54) is 17.6 Å². The van der Waals surface area contributed by atoms with Crippen molar-refractivity contribution in [2.24, 2.45) is 0 Å². The minimum absolute atomic E-state index is 0.203. The first kappa shape index (κ1) is 16.6. The van der Waals surface area contributed by atoms with Gasteiger partial charge < -0.3 is 9.73 Å². The number of amides is 1. The Kier molecular flexibility index (Phi) is 4.31. The predicted octanol–water partition coefficient (Wildman–Crippen LogP) is 4.19. The van der Waals surface area contributed by atoms with Gasteiger partial charge in [-0.2, -0.15) is 0 Å². The Morgan fingerprint density at radius 3 is 2.62 bits per heavy atom. The van der Waals surface area contributed by atoms with E-state index in [4.69, 9.17) is 4.42 Å². The molecule has 0 atom stereocenters. The molecule has 3 aromatic heterocycles. The van der Waals surface area contributed by atoms with Crippen LogP contribution in [-0.4, -0.2) is 25.5 Å². The van der Waals surface area contributed by atoms with Crippen LogP contribution in [-0.2, 0) is 0 Å². The zero-order chi connectivity index (χ0) is 18.1. The van der Waals surface area contributed by atoms with Gasteiger partial charge in [-0.1, -0.05) is 16.6 Å². The fourth-order valence-electron chi connectivity index (χ4n) is 2.42. The van der Waals surface area contributed by atoms with Crippen LogP contribution in [0.5, 0.6) is 0 Å². The maximum absolute atomic E-state index is 12.2. The van der Waals surface area contributed by atoms with E-state index in [1.807, 2.05) is 31.2 Å². The highest BCUT2D eigenvalue weighted by atomic mass is 32.1. The number of nitrogens with one attached hydrogen (secondary N) is 1. The highest BCUT2D eigenvalue weighted by Gasteiger charge is 2.15. The van der Waals surface area contributed by atoms with Gasteiger partial charge in [-0.15, -0.1) is 16.4 Å². The second-order valence-electron chi connectivity index (χ2n) is 5.49. The zero-order valence-corrected chi connectivity index (χ0v) is 15.5. The van der Waals surface area contributed by atoms with Crippen molar-refractivity contribution in [3.8, 4) is 21.3 Å². The average molecular weight is 383 g/mol. The van der Waals surface area contributed by atoms with E-state index in [-0.39, 0.29) is 5.91 Å². The quantitative estimate of drug-likeness (QED) is 0.568. The van der Waals surface area contributed by atoms with Gasteiger partial charge in [-0.05, 0) is 43.1 Å². The molecule has 0 aliphatic rings. The van der Waals surface area contributed by atoms with Crippen molar-refractivity contribution in [2.75, 3.05) is 5.32 Å². The third-order valence-corrected chi connectivity index (χ3v) is 5.70. The summed E-state index contributed by atoms with van der Waals surface area (Å²) in [6, 6.07) is 7.63. The molecule has 0 aliphatic heterocycles. The Hall–Kier alpha value is -2.91. The summed E-state index contributed by atoms with van der Waals surface area (Å²) in [5.41, 5.74) is 3.27. The summed E-state index contributed by atoms with van der Waals surface area (Å²) in [7, 11) is 0. The van der Waals surface area contributed by atoms with E-state index in [0.29, 0.717) is 22.1 Å². The maximum Gasteiger partial charge on any atom is 0.269 e. The van der Waals surface area contributed by atoms with Gasteiger partial charge in [0.25, 0.3) is 11.8 Å². The van der Waals surface area contributed by atoms with Crippen LogP contribution in [0.3, 0.4) is 0 Å². The van der Waals surface area contributed by atoms with E-state index in [1.54, 1.807) is 13.1 Å². The van der Waals surface area contributed by atoms with Crippen molar-refractivity contribution in [1.82, 2.24) is 19.6 Å². The number of aryl methyl sites for hydroxylation is 2. The number of thiazole rings is 1. The number of nitrogens with zero attached hydrogens (tertiary/aromatic N) is 4. The van der Waals surface area contributed by atoms with E-state index in [2.05, 4.69) is 24.9 Å². The first-order valence-corrected chi connectivity index (χ1v) is 9.29. The van der Waals surface area contributed by atoms with E-state index in [9.17, 15) is 4.79 Å². The standard InChI is InChI=1S/C17H13N5O2S2/c1-9-13(25-17(19-9)16-18-7-8-24-16)11-3-5-12(6-4-11)20-15(23)14-10(2)21-22-26-14/h3-8H,1-2H3,(H,20,23). The van der Waals surface area contributed by atoms with Gasteiger partial charge >= 0.3 is 0 Å². The van der Waals surface area contributed by atoms with Gasteiger partial charge in [0, 0.05) is 5.69 Å². The number of carbonyl (C=O) groups is 1. The normalized spacial score (nSPS) is 10.8. The molecular weight excluding hydrogens is 370 g/mol. The van der Waals surface area contributed by atoms with E-state index < -0.39 is 0 Å². The smallest absolute Gasteiger partial charge is 0.269 e. The molecule has 1 amide bonds. The fourth-order valence-corrected chi connectivity index (χ4v) is 3.98. The molecule has 4 rings (SSSR count). The van der Waals surface area contributed by atoms with Gasteiger partial charge in [0.2, 0.25) is 0 Å². The molecule has 0 aliphatic carbocycles. The molecule has 0 spiro atoms. The Labute approximate surface area is 156 Å². The number of aromatic nitrogens is 4. The Balaban J connectivity index is 1.55. The molecule has 0 bridgehead atoms. The van der Waals surface area contributed by atoms with Crippen LogP contribution in [0, 0.1) is 13.8 Å². The SMILES string of the molecule is Cc1nnsc1C(=O)Nc1ccc(-c2sc(-c3ncco3)nc2C)cc1. The minimum atomic E-state index is -0.203. The molecule has 3 heterocycles. The Morgan fingerprint density at radius 2 is 1.96 bits per heavy atom. The Bertz CT molecular complexity index is 1050. The summed E-state index contributed by atoms with van der Waals surface area (Å²) >= 11 is 2.61. The molecule has 0 unspecified atom stereocenters. The first-order chi connectivity index (χ1) is 12.6. The second-order valence-corrected chi connectivity index (χ2v) is 7.24. The topological polar surface area (TPSA) is 93.8 Å². The molecule has 0 radical (unpaired) electrons. The number of oxazole rings is 1. The van der Waals surface area contributed by atoms with Gasteiger partial charge in [0.15, 0.2) is 5.01 Å². The van der Waals surface area contributed by atoms with Crippen molar-refractivity contribution >= 4 is 34.5 Å². The third kappa shape index (κ3) is 3.14. The van der Waals surface area contributed by atoms with Crippen LogP contribution in [0.15, 0.2) is 41.1 Å². The lowest BCUT2D eigenvalue weighted by Crippen LogP contribution is -2.11. The van der Waals surface area contributed by atoms with Crippen LogP contribution in [0.2, 0.25) is 0 Å². The number of hydrogen-bond acceptors (Lipinski definition) is 8. The largest absolute Gasteiger partial charge is 0.443 e. The molecule has 7 nitrogen and oxygen atoms in total. The third-order valence-electron chi connectivity index (χ3n) is 3.67. The summed E-state index contributed by atoms with van der Waals surface area (Å²) in [5.74, 6) is 0.312. The zero-order valence-electron chi connectivity index (χ0n) is 13.9. The summed E-state index contributed by atoms with van der Waals surface area (Å²) in [5, 5.41) is 7.46. The molecule has 1 N–H and O–H groups in total. The van der Waals surface area contributed by atoms with Crippen LogP contribution in [0.4, 0.5) is 5.69 Å². The van der Waals surface area contributed by atoms with Crippen LogP contribution >= 0.6 is 22.9 Å². The average Bonchev–Trinajstić information content (AvgIpc) is 3.36. The van der Waals surface area contributed by atoms with Gasteiger partial charge in [-0.25, -0.2) is 9.97 Å². The molecule has 0 saturated carbocycles. The number of carbonyl (C=O) groups excluding carboxylic acids is 1. The minimum Gasteiger partial charge on any atom is -0.443 e. The van der Waals surface area contributed by atoms with Crippen molar-refractivity contribution in [3.05, 3.63) is 53.0 Å². The fraction of sp³-hybridized carbons (Fsp3) is 0.118. The highest BCUT2D eigenvalue weighted by Crippen LogP contribution is 2.35. The molecule has 0 fully saturated rings. The lowest BCUT2D eigenvalue weighted by molar-refractivity contribution is 0.103. The molecule has 0 saturated heterocycles. The Morgan fingerprint density at radius 1 is 1.15 bits per heavy atom. The molecule has 1 aromatic carbocycles. The summed E-state index contributed by atoms with van der Waals surface area (Å²) in [6.45, 7) is 3.72. The molecule has 9 heteroatoms. The number of hydrogen-bond donors (Lipinski definition) is 1. The van der Waals surface area contributed by atoms with Gasteiger partial charge in [0.1, 0.15) is 11.1 Å². The van der Waals surface area contributed by atoms with Crippen LogP contribution in [0.25, 0.3) is 21.3 Å². The molecule has 26 heavy (non-hydrogen) atoms. The lowest BCUT2D eigenvalue weighted by atomic mass is 10.1.